The molecule has 0 bridgehead atoms. The summed E-state index contributed by atoms with van der Waals surface area (Å²) in [6.07, 6.45) is 0.697. The number of pyridine rings is 1. The summed E-state index contributed by atoms with van der Waals surface area (Å²) in [5.74, 6) is -0.962. The number of carboxylic acids is 1. The van der Waals surface area contributed by atoms with Crippen LogP contribution in [0.15, 0.2) is 60.7 Å². The smallest absolute Gasteiger partial charge is 0.326 e. The molecule has 3 N–H and O–H groups in total. The third-order valence-electron chi connectivity index (χ3n) is 5.06. The van der Waals surface area contributed by atoms with E-state index in [4.69, 9.17) is 9.47 Å². The van der Waals surface area contributed by atoms with Gasteiger partial charge in [0.15, 0.2) is 0 Å². The lowest BCUT2D eigenvalue weighted by molar-refractivity contribution is -0.139. The number of anilines is 1. The summed E-state index contributed by atoms with van der Waals surface area (Å²) in [5.41, 5.74) is 1.66. The van der Waals surface area contributed by atoms with Crippen LogP contribution < -0.4 is 20.1 Å². The number of aliphatic carboxylic acids is 1. The summed E-state index contributed by atoms with van der Waals surface area (Å²) in [6.45, 7) is 0.437. The molecule has 0 spiro atoms. The highest BCUT2D eigenvalue weighted by Crippen LogP contribution is 2.20. The van der Waals surface area contributed by atoms with Gasteiger partial charge in [-0.05, 0) is 42.0 Å². The third-order valence-corrected chi connectivity index (χ3v) is 5.06. The monoisotopic (exact) mass is 467 g/mol. The number of nitrogens with zero attached hydrogens (tertiary/aromatic N) is 1. The Balaban J connectivity index is 1.57. The fraction of sp³-hybridized carbons (Fsp3) is 0.240. The van der Waals surface area contributed by atoms with E-state index >= 15 is 0 Å². The van der Waals surface area contributed by atoms with Crippen molar-refractivity contribution in [3.63, 3.8) is 0 Å². The summed E-state index contributed by atoms with van der Waals surface area (Å²) in [7, 11) is 3.12. The molecule has 3 aromatic rings. The molecule has 34 heavy (non-hydrogen) atoms. The van der Waals surface area contributed by atoms with Crippen LogP contribution in [-0.4, -0.2) is 48.8 Å². The number of halogens is 1. The molecule has 0 unspecified atom stereocenters. The highest BCUT2D eigenvalue weighted by molar-refractivity contribution is 5.99. The van der Waals surface area contributed by atoms with Gasteiger partial charge in [0.1, 0.15) is 29.2 Å². The van der Waals surface area contributed by atoms with E-state index in [9.17, 15) is 19.1 Å². The first kappa shape index (κ1) is 24.5. The van der Waals surface area contributed by atoms with E-state index in [1.807, 2.05) is 25.2 Å². The van der Waals surface area contributed by atoms with E-state index in [1.54, 1.807) is 24.3 Å². The summed E-state index contributed by atoms with van der Waals surface area (Å²) in [4.78, 5) is 28.7. The summed E-state index contributed by atoms with van der Waals surface area (Å²) in [5, 5.41) is 15.0. The molecule has 1 heterocycles. The van der Waals surface area contributed by atoms with E-state index in [0.29, 0.717) is 24.3 Å². The van der Waals surface area contributed by atoms with Crippen molar-refractivity contribution in [2.75, 3.05) is 26.1 Å². The SMILES string of the molecule is CNc1cccc(CCOc2ccc(C[C@H](NC(=O)c3ccc(F)cc3OC)C(=O)O)cc2)n1. The first-order valence-electron chi connectivity index (χ1n) is 10.6. The van der Waals surface area contributed by atoms with Crippen molar-refractivity contribution < 1.29 is 28.6 Å². The topological polar surface area (TPSA) is 110 Å². The van der Waals surface area contributed by atoms with Gasteiger partial charge >= 0.3 is 5.97 Å². The van der Waals surface area contributed by atoms with Crippen LogP contribution in [-0.2, 0) is 17.6 Å². The normalized spacial score (nSPS) is 11.4. The Morgan fingerprint density at radius 3 is 2.56 bits per heavy atom. The van der Waals surface area contributed by atoms with Crippen LogP contribution in [0.25, 0.3) is 0 Å². The number of methoxy groups -OCH3 is 1. The van der Waals surface area contributed by atoms with Gasteiger partial charge in [0, 0.05) is 31.6 Å². The Morgan fingerprint density at radius 1 is 1.12 bits per heavy atom. The summed E-state index contributed by atoms with van der Waals surface area (Å²) >= 11 is 0. The van der Waals surface area contributed by atoms with Crippen molar-refractivity contribution in [1.29, 1.82) is 0 Å². The second-order valence-electron chi connectivity index (χ2n) is 7.42. The predicted octanol–water partition coefficient (Wildman–Crippen LogP) is 3.32. The van der Waals surface area contributed by atoms with Crippen LogP contribution >= 0.6 is 0 Å². The van der Waals surface area contributed by atoms with E-state index in [2.05, 4.69) is 15.6 Å². The highest BCUT2D eigenvalue weighted by Gasteiger charge is 2.23. The maximum atomic E-state index is 13.4. The first-order valence-corrected chi connectivity index (χ1v) is 10.6. The molecule has 9 heteroatoms. The maximum Gasteiger partial charge on any atom is 0.326 e. The van der Waals surface area contributed by atoms with Gasteiger partial charge in [-0.1, -0.05) is 18.2 Å². The zero-order valence-corrected chi connectivity index (χ0v) is 18.9. The molecule has 8 nitrogen and oxygen atoms in total. The van der Waals surface area contributed by atoms with Gasteiger partial charge < -0.3 is 25.2 Å². The maximum absolute atomic E-state index is 13.4. The molecule has 0 aliphatic heterocycles. The van der Waals surface area contributed by atoms with Crippen molar-refractivity contribution in [2.24, 2.45) is 0 Å². The molecular formula is C25H26FN3O5. The lowest BCUT2D eigenvalue weighted by Gasteiger charge is -2.16. The summed E-state index contributed by atoms with van der Waals surface area (Å²) < 4.78 is 24.2. The van der Waals surface area contributed by atoms with E-state index in [1.165, 1.54) is 13.2 Å². The largest absolute Gasteiger partial charge is 0.496 e. The number of aromatic nitrogens is 1. The van der Waals surface area contributed by atoms with Gasteiger partial charge in [0.25, 0.3) is 5.91 Å². The number of nitrogens with one attached hydrogen (secondary N) is 2. The number of rotatable bonds is 11. The Kier molecular flexibility index (Phi) is 8.39. The molecule has 2 aromatic carbocycles. The quantitative estimate of drug-likeness (QED) is 0.397. The van der Waals surface area contributed by atoms with Crippen LogP contribution in [0.5, 0.6) is 11.5 Å². The van der Waals surface area contributed by atoms with Crippen LogP contribution in [0, 0.1) is 5.82 Å². The molecule has 0 aliphatic carbocycles. The van der Waals surface area contributed by atoms with Gasteiger partial charge in [-0.15, -0.1) is 0 Å². The van der Waals surface area contributed by atoms with Crippen LogP contribution in [0.1, 0.15) is 21.6 Å². The molecule has 0 aliphatic rings. The van der Waals surface area contributed by atoms with Crippen molar-refractivity contribution in [3.8, 4) is 11.5 Å². The molecular weight excluding hydrogens is 441 g/mol. The molecule has 3 rings (SSSR count). The minimum Gasteiger partial charge on any atom is -0.496 e. The number of hydrogen-bond donors (Lipinski definition) is 3. The number of benzene rings is 2. The second kappa shape index (κ2) is 11.6. The minimum absolute atomic E-state index is 0.0241. The molecule has 1 aromatic heterocycles. The van der Waals surface area contributed by atoms with Gasteiger partial charge in [0.05, 0.1) is 19.3 Å². The van der Waals surface area contributed by atoms with Gasteiger partial charge in [-0.3, -0.25) is 4.79 Å². The van der Waals surface area contributed by atoms with Crippen LogP contribution in [0.3, 0.4) is 0 Å². The number of carboxylic acid groups (broad SMARTS) is 1. The highest BCUT2D eigenvalue weighted by atomic mass is 19.1. The molecule has 178 valence electrons. The van der Waals surface area contributed by atoms with Crippen molar-refractivity contribution in [1.82, 2.24) is 10.3 Å². The van der Waals surface area contributed by atoms with Gasteiger partial charge in [-0.2, -0.15) is 0 Å². The number of amides is 1. The van der Waals surface area contributed by atoms with Crippen LogP contribution in [0.4, 0.5) is 10.2 Å². The lowest BCUT2D eigenvalue weighted by Crippen LogP contribution is -2.42. The average Bonchev–Trinajstić information content (AvgIpc) is 2.84. The predicted molar refractivity (Wildman–Crippen MR) is 125 cm³/mol. The fourth-order valence-electron chi connectivity index (χ4n) is 3.28. The number of hydrogen-bond acceptors (Lipinski definition) is 6. The first-order chi connectivity index (χ1) is 16.4. The van der Waals surface area contributed by atoms with E-state index in [0.717, 1.165) is 23.6 Å². The second-order valence-corrected chi connectivity index (χ2v) is 7.42. The molecule has 0 saturated heterocycles. The Bertz CT molecular complexity index is 1140. The van der Waals surface area contributed by atoms with E-state index in [-0.39, 0.29) is 17.7 Å². The molecule has 0 radical (unpaired) electrons. The average molecular weight is 467 g/mol. The Morgan fingerprint density at radius 2 is 1.88 bits per heavy atom. The number of carbonyl (C=O) groups is 2. The third kappa shape index (κ3) is 6.68. The lowest BCUT2D eigenvalue weighted by atomic mass is 10.0. The van der Waals surface area contributed by atoms with Gasteiger partial charge in [0.2, 0.25) is 0 Å². The van der Waals surface area contributed by atoms with Gasteiger partial charge in [-0.25, -0.2) is 14.2 Å². The van der Waals surface area contributed by atoms with Crippen LogP contribution in [0.2, 0.25) is 0 Å². The molecule has 0 fully saturated rings. The van der Waals surface area contributed by atoms with E-state index < -0.39 is 23.7 Å². The van der Waals surface area contributed by atoms with Crippen molar-refractivity contribution in [2.45, 2.75) is 18.9 Å². The fourth-order valence-corrected chi connectivity index (χ4v) is 3.28. The number of carbonyl (C=O) groups excluding carboxylic acids is 1. The Hall–Kier alpha value is -4.14. The molecule has 1 atom stereocenters. The Labute approximate surface area is 196 Å². The minimum atomic E-state index is -1.19. The zero-order valence-electron chi connectivity index (χ0n) is 18.9. The zero-order chi connectivity index (χ0) is 24.5. The van der Waals surface area contributed by atoms with Crippen molar-refractivity contribution >= 4 is 17.7 Å². The number of ether oxygens (including phenoxy) is 2. The molecule has 0 saturated carbocycles. The summed E-state index contributed by atoms with van der Waals surface area (Å²) in [6, 6.07) is 15.0. The van der Waals surface area contributed by atoms with Crippen molar-refractivity contribution in [3.05, 3.63) is 83.3 Å². The standard InChI is InChI=1S/C25H26FN3O5/c1-27-23-5-3-4-18(28-23)12-13-34-19-9-6-16(7-10-19)14-21(25(31)32)29-24(30)20-11-8-17(26)15-22(20)33-2/h3-11,15,21H,12-14H2,1-2H3,(H,27,28)(H,29,30)(H,31,32)/t21-/m0/s1. The molecule has 1 amide bonds.